The fourth-order valence-corrected chi connectivity index (χ4v) is 0.986. The van der Waals surface area contributed by atoms with Gasteiger partial charge in [-0.15, -0.1) is 0 Å². The van der Waals surface area contributed by atoms with Crippen LogP contribution in [0.2, 0.25) is 0 Å². The van der Waals surface area contributed by atoms with Gasteiger partial charge in [0.1, 0.15) is 0 Å². The van der Waals surface area contributed by atoms with Gasteiger partial charge in [-0.1, -0.05) is 30.3 Å². The van der Waals surface area contributed by atoms with Crippen LogP contribution in [0.1, 0.15) is 12.5 Å². The third kappa shape index (κ3) is 4.30. The molecule has 2 heteroatoms. The summed E-state index contributed by atoms with van der Waals surface area (Å²) in [5, 5.41) is 0. The molecule has 0 unspecified atom stereocenters. The van der Waals surface area contributed by atoms with E-state index in [1.165, 1.54) is 5.56 Å². The van der Waals surface area contributed by atoms with Crippen LogP contribution in [0.4, 0.5) is 0 Å². The summed E-state index contributed by atoms with van der Waals surface area (Å²) in [6.45, 7) is 2.02. The number of rotatable bonds is 2. The van der Waals surface area contributed by atoms with E-state index in [9.17, 15) is 0 Å². The standard InChI is InChI=1S/C9H13N.Os/c1-8(10)7-9-5-3-2-4-6-9;/h2-6,8H,7,10H2,1H3;/t8-;/m1./s1. The molecule has 1 atom stereocenters. The molecule has 11 heavy (non-hydrogen) atoms. The molecule has 0 saturated heterocycles. The quantitative estimate of drug-likeness (QED) is 0.878. The molecular formula is C9H13NOs. The molecule has 0 aromatic heterocycles. The van der Waals surface area contributed by atoms with Gasteiger partial charge in [0.25, 0.3) is 0 Å². The maximum atomic E-state index is 5.62. The van der Waals surface area contributed by atoms with Crippen LogP contribution in [-0.4, -0.2) is 6.04 Å². The Hall–Kier alpha value is -0.184. The fourth-order valence-electron chi connectivity index (χ4n) is 0.986. The number of hydrogen-bond donors (Lipinski definition) is 1. The first-order valence-corrected chi connectivity index (χ1v) is 3.58. The molecule has 0 saturated carbocycles. The van der Waals surface area contributed by atoms with Gasteiger partial charge in [0.05, 0.1) is 0 Å². The Balaban J connectivity index is 0.000001000. The van der Waals surface area contributed by atoms with E-state index in [1.807, 2.05) is 25.1 Å². The van der Waals surface area contributed by atoms with Crippen LogP contribution in [0.15, 0.2) is 30.3 Å². The zero-order chi connectivity index (χ0) is 7.40. The first kappa shape index (κ1) is 10.8. The van der Waals surface area contributed by atoms with Crippen molar-refractivity contribution in [1.82, 2.24) is 0 Å². The summed E-state index contributed by atoms with van der Waals surface area (Å²) >= 11 is 0. The van der Waals surface area contributed by atoms with Gasteiger partial charge in [0, 0.05) is 25.8 Å². The van der Waals surface area contributed by atoms with E-state index in [0.717, 1.165) is 6.42 Å². The fraction of sp³-hybridized carbons (Fsp3) is 0.333. The van der Waals surface area contributed by atoms with Gasteiger partial charge in [-0.25, -0.2) is 0 Å². The van der Waals surface area contributed by atoms with Crippen molar-refractivity contribution in [3.05, 3.63) is 35.9 Å². The first-order chi connectivity index (χ1) is 4.79. The van der Waals surface area contributed by atoms with Crippen molar-refractivity contribution in [1.29, 1.82) is 0 Å². The number of nitrogens with two attached hydrogens (primary N) is 1. The second-order valence-electron chi connectivity index (χ2n) is 2.67. The summed E-state index contributed by atoms with van der Waals surface area (Å²) in [6.07, 6.45) is 0.973. The van der Waals surface area contributed by atoms with E-state index < -0.39 is 0 Å². The zero-order valence-electron chi connectivity index (χ0n) is 6.60. The van der Waals surface area contributed by atoms with Crippen LogP contribution in [0.5, 0.6) is 0 Å². The van der Waals surface area contributed by atoms with Gasteiger partial charge in [-0.3, -0.25) is 0 Å². The summed E-state index contributed by atoms with van der Waals surface area (Å²) in [7, 11) is 0. The Morgan fingerprint density at radius 1 is 1.27 bits per heavy atom. The molecular weight excluding hydrogens is 312 g/mol. The molecule has 0 heterocycles. The van der Waals surface area contributed by atoms with Crippen molar-refractivity contribution in [3.63, 3.8) is 0 Å². The molecule has 0 aliphatic carbocycles. The molecule has 1 aromatic rings. The van der Waals surface area contributed by atoms with Crippen LogP contribution < -0.4 is 5.73 Å². The summed E-state index contributed by atoms with van der Waals surface area (Å²) in [5.74, 6) is 0. The Morgan fingerprint density at radius 2 is 1.82 bits per heavy atom. The van der Waals surface area contributed by atoms with Crippen LogP contribution in [0, 0.1) is 0 Å². The minimum absolute atomic E-state index is 0. The summed E-state index contributed by atoms with van der Waals surface area (Å²) in [5.41, 5.74) is 6.94. The molecule has 1 nitrogen and oxygen atoms in total. The number of benzene rings is 1. The summed E-state index contributed by atoms with van der Waals surface area (Å²) in [6, 6.07) is 10.6. The van der Waals surface area contributed by atoms with Crippen molar-refractivity contribution in [2.24, 2.45) is 5.73 Å². The predicted octanol–water partition coefficient (Wildman–Crippen LogP) is 1.57. The van der Waals surface area contributed by atoms with Gasteiger partial charge in [-0.05, 0) is 18.9 Å². The van der Waals surface area contributed by atoms with Crippen molar-refractivity contribution in [2.75, 3.05) is 0 Å². The average molecular weight is 325 g/mol. The normalized spacial score (nSPS) is 11.8. The average Bonchev–Trinajstić information content (AvgIpc) is 1.88. The van der Waals surface area contributed by atoms with E-state index in [1.54, 1.807) is 0 Å². The van der Waals surface area contributed by atoms with Crippen LogP contribution >= 0.6 is 0 Å². The topological polar surface area (TPSA) is 26.0 Å². The molecule has 0 aliphatic rings. The smallest absolute Gasteiger partial charge is 0.00509 e. The van der Waals surface area contributed by atoms with Crippen molar-refractivity contribution in [3.8, 4) is 0 Å². The number of hydrogen-bond acceptors (Lipinski definition) is 1. The third-order valence-electron chi connectivity index (χ3n) is 1.40. The Morgan fingerprint density at radius 3 is 2.27 bits per heavy atom. The molecule has 62 valence electrons. The maximum Gasteiger partial charge on any atom is 0.00509 e. The van der Waals surface area contributed by atoms with E-state index in [-0.39, 0.29) is 25.8 Å². The van der Waals surface area contributed by atoms with Crippen molar-refractivity contribution < 1.29 is 19.8 Å². The Labute approximate surface area is 81.0 Å². The first-order valence-electron chi connectivity index (χ1n) is 3.58. The molecule has 0 amide bonds. The summed E-state index contributed by atoms with van der Waals surface area (Å²) < 4.78 is 0. The molecule has 0 fully saturated rings. The summed E-state index contributed by atoms with van der Waals surface area (Å²) in [4.78, 5) is 0. The van der Waals surface area contributed by atoms with Crippen LogP contribution in [0.3, 0.4) is 0 Å². The molecule has 0 bridgehead atoms. The molecule has 0 spiro atoms. The predicted molar refractivity (Wildman–Crippen MR) is 43.8 cm³/mol. The Kier molecular flexibility index (Phi) is 5.37. The molecule has 0 aliphatic heterocycles. The SMILES string of the molecule is C[C@@H](N)Cc1ccccc1.[Os]. The van der Waals surface area contributed by atoms with Crippen molar-refractivity contribution in [2.45, 2.75) is 19.4 Å². The monoisotopic (exact) mass is 327 g/mol. The second-order valence-corrected chi connectivity index (χ2v) is 2.67. The molecule has 1 rings (SSSR count). The minimum atomic E-state index is 0. The second kappa shape index (κ2) is 5.46. The van der Waals surface area contributed by atoms with Gasteiger partial charge >= 0.3 is 0 Å². The van der Waals surface area contributed by atoms with Gasteiger partial charge in [0.15, 0.2) is 0 Å². The van der Waals surface area contributed by atoms with E-state index in [0.29, 0.717) is 0 Å². The minimum Gasteiger partial charge on any atom is -0.328 e. The van der Waals surface area contributed by atoms with Gasteiger partial charge < -0.3 is 5.73 Å². The zero-order valence-corrected chi connectivity index (χ0v) is 9.14. The van der Waals surface area contributed by atoms with E-state index >= 15 is 0 Å². The van der Waals surface area contributed by atoms with Gasteiger partial charge in [0.2, 0.25) is 0 Å². The van der Waals surface area contributed by atoms with E-state index in [2.05, 4.69) is 12.1 Å². The van der Waals surface area contributed by atoms with E-state index in [4.69, 9.17) is 5.73 Å². The molecule has 2 N–H and O–H groups in total. The van der Waals surface area contributed by atoms with Crippen LogP contribution in [0.25, 0.3) is 0 Å². The third-order valence-corrected chi connectivity index (χ3v) is 1.40. The van der Waals surface area contributed by atoms with Gasteiger partial charge in [-0.2, -0.15) is 0 Å². The largest absolute Gasteiger partial charge is 0.328 e. The van der Waals surface area contributed by atoms with Crippen molar-refractivity contribution >= 4 is 0 Å². The molecule has 1 aromatic carbocycles. The molecule has 0 radical (unpaired) electrons. The van der Waals surface area contributed by atoms with Crippen LogP contribution in [-0.2, 0) is 26.2 Å². The Bertz CT molecular complexity index is 184. The maximum absolute atomic E-state index is 5.62.